The molecule has 3 rings (SSSR count). The number of fused-ring (bicyclic) bond motifs is 1. The van der Waals surface area contributed by atoms with Gasteiger partial charge in [0.25, 0.3) is 0 Å². The van der Waals surface area contributed by atoms with Crippen LogP contribution in [0.2, 0.25) is 0 Å². The van der Waals surface area contributed by atoms with E-state index in [1.165, 1.54) is 11.1 Å². The molecule has 1 aromatic heterocycles. The molecule has 1 unspecified atom stereocenters. The topological polar surface area (TPSA) is 20.3 Å². The molecule has 0 saturated heterocycles. The Balaban J connectivity index is 1.74. The highest BCUT2D eigenvalue weighted by atomic mass is 32.1. The number of carbonyl (C=O) groups is 1. The Kier molecular flexibility index (Phi) is 3.38. The van der Waals surface area contributed by atoms with Crippen molar-refractivity contribution in [3.8, 4) is 0 Å². The van der Waals surface area contributed by atoms with Crippen LogP contribution in [0.5, 0.6) is 0 Å². The number of carbonyl (C=O) groups excluding carboxylic acids is 1. The standard InChI is InChI=1S/C16H17NOS/c1-17(16(18)11-13-6-4-10-19-13)15-9-8-12-5-2-3-7-14(12)15/h2-7,10,15H,8-9,11H2,1H3. The van der Waals surface area contributed by atoms with E-state index < -0.39 is 0 Å². The van der Waals surface area contributed by atoms with Gasteiger partial charge in [0.05, 0.1) is 12.5 Å². The average molecular weight is 271 g/mol. The minimum atomic E-state index is 0.212. The Bertz CT molecular complexity index is 576. The maximum absolute atomic E-state index is 12.3. The van der Waals surface area contributed by atoms with Crippen LogP contribution in [0, 0.1) is 0 Å². The molecule has 0 bridgehead atoms. The van der Waals surface area contributed by atoms with Gasteiger partial charge >= 0.3 is 0 Å². The molecule has 0 fully saturated rings. The lowest BCUT2D eigenvalue weighted by Gasteiger charge is -2.25. The van der Waals surface area contributed by atoms with Crippen molar-refractivity contribution >= 4 is 17.2 Å². The number of aryl methyl sites for hydroxylation is 1. The van der Waals surface area contributed by atoms with Gasteiger partial charge in [-0.15, -0.1) is 11.3 Å². The molecule has 2 aromatic rings. The van der Waals surface area contributed by atoms with E-state index in [-0.39, 0.29) is 11.9 Å². The predicted molar refractivity (Wildman–Crippen MR) is 78.3 cm³/mol. The Morgan fingerprint density at radius 2 is 2.16 bits per heavy atom. The number of hydrogen-bond donors (Lipinski definition) is 0. The van der Waals surface area contributed by atoms with Gasteiger partial charge in [-0.25, -0.2) is 0 Å². The van der Waals surface area contributed by atoms with Gasteiger partial charge in [-0.3, -0.25) is 4.79 Å². The smallest absolute Gasteiger partial charge is 0.228 e. The fourth-order valence-corrected chi connectivity index (χ4v) is 3.49. The molecule has 1 heterocycles. The highest BCUT2D eigenvalue weighted by Crippen LogP contribution is 2.35. The van der Waals surface area contributed by atoms with Crippen molar-refractivity contribution in [1.82, 2.24) is 4.90 Å². The zero-order valence-electron chi connectivity index (χ0n) is 11.0. The summed E-state index contributed by atoms with van der Waals surface area (Å²) in [5.74, 6) is 0.212. The quantitative estimate of drug-likeness (QED) is 0.837. The van der Waals surface area contributed by atoms with E-state index in [0.717, 1.165) is 17.7 Å². The Hall–Kier alpha value is -1.61. The second-order valence-electron chi connectivity index (χ2n) is 5.01. The van der Waals surface area contributed by atoms with Crippen LogP contribution in [-0.4, -0.2) is 17.9 Å². The van der Waals surface area contributed by atoms with Crippen LogP contribution in [-0.2, 0) is 17.6 Å². The number of hydrogen-bond acceptors (Lipinski definition) is 2. The summed E-state index contributed by atoms with van der Waals surface area (Å²) in [6, 6.07) is 12.7. The first-order valence-corrected chi connectivity index (χ1v) is 7.49. The molecular formula is C16H17NOS. The molecule has 98 valence electrons. The summed E-state index contributed by atoms with van der Waals surface area (Å²) in [6.45, 7) is 0. The maximum atomic E-state index is 12.3. The molecule has 0 N–H and O–H groups in total. The minimum Gasteiger partial charge on any atom is -0.338 e. The van der Waals surface area contributed by atoms with Gasteiger partial charge in [0.15, 0.2) is 0 Å². The van der Waals surface area contributed by atoms with Crippen molar-refractivity contribution in [3.05, 3.63) is 57.8 Å². The first-order chi connectivity index (χ1) is 9.25. The summed E-state index contributed by atoms with van der Waals surface area (Å²) in [6.07, 6.45) is 2.65. The van der Waals surface area contributed by atoms with E-state index in [9.17, 15) is 4.79 Å². The van der Waals surface area contributed by atoms with Gasteiger partial charge in [-0.1, -0.05) is 30.3 Å². The molecule has 0 aliphatic heterocycles. The van der Waals surface area contributed by atoms with Crippen LogP contribution in [0.1, 0.15) is 28.5 Å². The molecular weight excluding hydrogens is 254 g/mol. The van der Waals surface area contributed by atoms with Gasteiger partial charge in [0, 0.05) is 11.9 Å². The van der Waals surface area contributed by atoms with E-state index in [1.54, 1.807) is 11.3 Å². The van der Waals surface area contributed by atoms with Crippen LogP contribution in [0.25, 0.3) is 0 Å². The second kappa shape index (κ2) is 5.17. The summed E-state index contributed by atoms with van der Waals surface area (Å²) in [4.78, 5) is 15.4. The Morgan fingerprint density at radius 3 is 2.95 bits per heavy atom. The SMILES string of the molecule is CN(C(=O)Cc1cccs1)C1CCc2ccccc21. The zero-order chi connectivity index (χ0) is 13.2. The molecule has 0 spiro atoms. The van der Waals surface area contributed by atoms with Crippen molar-refractivity contribution in [2.45, 2.75) is 25.3 Å². The zero-order valence-corrected chi connectivity index (χ0v) is 11.8. The fraction of sp³-hybridized carbons (Fsp3) is 0.312. The van der Waals surface area contributed by atoms with Crippen LogP contribution < -0.4 is 0 Å². The van der Waals surface area contributed by atoms with Crippen LogP contribution in [0.15, 0.2) is 41.8 Å². The predicted octanol–water partition coefficient (Wildman–Crippen LogP) is 3.44. The van der Waals surface area contributed by atoms with Gasteiger partial charge in [-0.2, -0.15) is 0 Å². The molecule has 19 heavy (non-hydrogen) atoms. The van der Waals surface area contributed by atoms with Crippen molar-refractivity contribution in [2.24, 2.45) is 0 Å². The first kappa shape index (κ1) is 12.4. The van der Waals surface area contributed by atoms with E-state index in [1.807, 2.05) is 29.5 Å². The van der Waals surface area contributed by atoms with E-state index in [4.69, 9.17) is 0 Å². The maximum Gasteiger partial charge on any atom is 0.228 e. The first-order valence-electron chi connectivity index (χ1n) is 6.61. The largest absolute Gasteiger partial charge is 0.338 e. The molecule has 2 nitrogen and oxygen atoms in total. The molecule has 1 atom stereocenters. The highest BCUT2D eigenvalue weighted by Gasteiger charge is 2.28. The fourth-order valence-electron chi connectivity index (χ4n) is 2.80. The minimum absolute atomic E-state index is 0.212. The van der Waals surface area contributed by atoms with Crippen molar-refractivity contribution in [2.75, 3.05) is 7.05 Å². The lowest BCUT2D eigenvalue weighted by molar-refractivity contribution is -0.131. The number of thiophene rings is 1. The molecule has 1 aliphatic rings. The van der Waals surface area contributed by atoms with Crippen molar-refractivity contribution < 1.29 is 4.79 Å². The summed E-state index contributed by atoms with van der Waals surface area (Å²) < 4.78 is 0. The molecule has 0 radical (unpaired) electrons. The third-order valence-corrected chi connectivity index (χ3v) is 4.74. The highest BCUT2D eigenvalue weighted by molar-refractivity contribution is 7.10. The Morgan fingerprint density at radius 1 is 1.32 bits per heavy atom. The Labute approximate surface area is 117 Å². The van der Waals surface area contributed by atoms with Gasteiger partial charge in [0.2, 0.25) is 5.91 Å². The molecule has 1 amide bonds. The lowest BCUT2D eigenvalue weighted by atomic mass is 10.1. The second-order valence-corrected chi connectivity index (χ2v) is 6.05. The molecule has 0 saturated carbocycles. The van der Waals surface area contributed by atoms with E-state index in [0.29, 0.717) is 6.42 Å². The van der Waals surface area contributed by atoms with Gasteiger partial charge in [0.1, 0.15) is 0 Å². The van der Waals surface area contributed by atoms with Crippen LogP contribution in [0.3, 0.4) is 0 Å². The van der Waals surface area contributed by atoms with Gasteiger partial charge in [-0.05, 0) is 35.4 Å². The average Bonchev–Trinajstić information content (AvgIpc) is 3.06. The normalized spacial score (nSPS) is 17.2. The summed E-state index contributed by atoms with van der Waals surface area (Å²) >= 11 is 1.65. The molecule has 1 aliphatic carbocycles. The van der Waals surface area contributed by atoms with Gasteiger partial charge < -0.3 is 4.90 Å². The molecule has 1 aromatic carbocycles. The number of amides is 1. The van der Waals surface area contributed by atoms with Crippen LogP contribution in [0.4, 0.5) is 0 Å². The summed E-state index contributed by atoms with van der Waals surface area (Å²) in [5.41, 5.74) is 2.72. The van der Waals surface area contributed by atoms with E-state index >= 15 is 0 Å². The number of likely N-dealkylation sites (N-methyl/N-ethyl adjacent to an activating group) is 1. The number of rotatable bonds is 3. The molecule has 3 heteroatoms. The summed E-state index contributed by atoms with van der Waals surface area (Å²) in [7, 11) is 1.93. The third-order valence-electron chi connectivity index (χ3n) is 3.87. The van der Waals surface area contributed by atoms with Crippen LogP contribution >= 0.6 is 11.3 Å². The number of nitrogens with zero attached hydrogens (tertiary/aromatic N) is 1. The lowest BCUT2D eigenvalue weighted by Crippen LogP contribution is -2.31. The van der Waals surface area contributed by atoms with Crippen molar-refractivity contribution in [3.63, 3.8) is 0 Å². The monoisotopic (exact) mass is 271 g/mol. The van der Waals surface area contributed by atoms with Crippen molar-refractivity contribution in [1.29, 1.82) is 0 Å². The number of benzene rings is 1. The van der Waals surface area contributed by atoms with E-state index in [2.05, 4.69) is 24.3 Å². The summed E-state index contributed by atoms with van der Waals surface area (Å²) in [5, 5.41) is 2.02. The third kappa shape index (κ3) is 2.43.